The first-order valence-electron chi connectivity index (χ1n) is 11.1. The molecular formula is C25H29FN6OS. The Labute approximate surface area is 202 Å². The Balaban J connectivity index is 1.57. The van der Waals surface area contributed by atoms with E-state index < -0.39 is 0 Å². The first-order chi connectivity index (χ1) is 16.1. The molecule has 4 rings (SSSR count). The third-order valence-corrected chi connectivity index (χ3v) is 6.19. The van der Waals surface area contributed by atoms with Gasteiger partial charge in [-0.05, 0) is 45.4 Å². The molecule has 2 aromatic carbocycles. The Morgan fingerprint density at radius 3 is 2.59 bits per heavy atom. The molecule has 0 aliphatic carbocycles. The highest BCUT2D eigenvalue weighted by atomic mass is 32.1. The van der Waals surface area contributed by atoms with Gasteiger partial charge in [0.2, 0.25) is 16.0 Å². The van der Waals surface area contributed by atoms with Crippen molar-refractivity contribution in [3.05, 3.63) is 66.0 Å². The molecule has 4 aromatic rings. The maximum Gasteiger partial charge on any atom is 0.240 e. The summed E-state index contributed by atoms with van der Waals surface area (Å²) in [6.45, 7) is 8.24. The van der Waals surface area contributed by atoms with Crippen LogP contribution in [0, 0.1) is 5.82 Å². The Morgan fingerprint density at radius 2 is 1.91 bits per heavy atom. The smallest absolute Gasteiger partial charge is 0.240 e. The summed E-state index contributed by atoms with van der Waals surface area (Å²) in [5.41, 5.74) is 2.10. The van der Waals surface area contributed by atoms with E-state index in [4.69, 9.17) is 10.1 Å². The van der Waals surface area contributed by atoms with E-state index in [0.29, 0.717) is 27.2 Å². The first kappa shape index (κ1) is 23.7. The zero-order chi connectivity index (χ0) is 24.5. The monoisotopic (exact) mass is 480 g/mol. The number of carbonyl (C=O) groups is 1. The third kappa shape index (κ3) is 5.36. The fourth-order valence-electron chi connectivity index (χ4n) is 3.59. The fraction of sp³-hybridized carbons (Fsp3) is 0.320. The molecule has 1 atom stereocenters. The zero-order valence-electron chi connectivity index (χ0n) is 20.0. The van der Waals surface area contributed by atoms with E-state index >= 15 is 0 Å². The minimum atomic E-state index is -0.320. The van der Waals surface area contributed by atoms with Gasteiger partial charge in [0.05, 0.1) is 12.6 Å². The van der Waals surface area contributed by atoms with Crippen LogP contribution in [0.3, 0.4) is 0 Å². The Hall–Kier alpha value is -3.46. The summed E-state index contributed by atoms with van der Waals surface area (Å²) in [6.07, 6.45) is 0. The van der Waals surface area contributed by atoms with Gasteiger partial charge in [0, 0.05) is 18.2 Å². The van der Waals surface area contributed by atoms with Crippen LogP contribution in [0.15, 0.2) is 54.6 Å². The van der Waals surface area contributed by atoms with Gasteiger partial charge in [-0.2, -0.15) is 4.52 Å². The van der Waals surface area contributed by atoms with Crippen LogP contribution in [0.4, 0.5) is 15.3 Å². The molecule has 2 heterocycles. The molecule has 178 valence electrons. The second-order valence-corrected chi connectivity index (χ2v) is 10.3. The minimum Gasteiger partial charge on any atom is -0.364 e. The Bertz CT molecular complexity index is 1290. The second kappa shape index (κ2) is 9.42. The number of anilines is 2. The normalized spacial score (nSPS) is 12.5. The predicted octanol–water partition coefficient (Wildman–Crippen LogP) is 5.12. The first-order valence-corrected chi connectivity index (χ1v) is 11.9. The van der Waals surface area contributed by atoms with Crippen molar-refractivity contribution in [2.45, 2.75) is 39.3 Å². The third-order valence-electron chi connectivity index (χ3n) is 5.17. The van der Waals surface area contributed by atoms with E-state index in [1.54, 1.807) is 15.5 Å². The summed E-state index contributed by atoms with van der Waals surface area (Å²) in [6, 6.07) is 16.1. The zero-order valence-corrected chi connectivity index (χ0v) is 20.8. The molecule has 7 nitrogen and oxygen atoms in total. The topological polar surface area (TPSA) is 74.6 Å². The lowest BCUT2D eigenvalue weighted by atomic mass is 10.1. The number of fused-ring (bicyclic) bond motifs is 1. The predicted molar refractivity (Wildman–Crippen MR) is 136 cm³/mol. The van der Waals surface area contributed by atoms with E-state index in [0.717, 1.165) is 5.56 Å². The van der Waals surface area contributed by atoms with Crippen molar-refractivity contribution in [2.75, 3.05) is 23.8 Å². The van der Waals surface area contributed by atoms with Gasteiger partial charge in [-0.15, -0.1) is 5.10 Å². The van der Waals surface area contributed by atoms with Gasteiger partial charge in [-0.1, -0.05) is 53.8 Å². The van der Waals surface area contributed by atoms with Crippen LogP contribution in [0.2, 0.25) is 0 Å². The van der Waals surface area contributed by atoms with Crippen LogP contribution >= 0.6 is 11.3 Å². The van der Waals surface area contributed by atoms with Crippen molar-refractivity contribution in [3.8, 4) is 11.3 Å². The molecule has 0 radical (unpaired) electrons. The lowest BCUT2D eigenvalue weighted by molar-refractivity contribution is -0.120. The van der Waals surface area contributed by atoms with Crippen molar-refractivity contribution in [1.82, 2.24) is 19.9 Å². The number of amides is 1. The molecule has 2 N–H and O–H groups in total. The maximum absolute atomic E-state index is 13.9. The molecule has 34 heavy (non-hydrogen) atoms. The minimum absolute atomic E-state index is 0.0906. The van der Waals surface area contributed by atoms with Gasteiger partial charge in [0.25, 0.3) is 0 Å². The highest BCUT2D eigenvalue weighted by Crippen LogP contribution is 2.34. The van der Waals surface area contributed by atoms with E-state index in [1.165, 1.54) is 23.5 Å². The SMILES string of the molecule is C[C@@H](NC(=O)CN(C)c1nn2c(NC(C)(C)C)c(-c3cccc(F)c3)nc2s1)c1ccccc1. The second-order valence-electron chi connectivity index (χ2n) is 9.33. The molecule has 0 saturated heterocycles. The van der Waals surface area contributed by atoms with Gasteiger partial charge in [0.1, 0.15) is 11.5 Å². The number of aromatic nitrogens is 3. The quantitative estimate of drug-likeness (QED) is 0.384. The van der Waals surface area contributed by atoms with Crippen LogP contribution in [0.1, 0.15) is 39.3 Å². The number of nitrogens with one attached hydrogen (secondary N) is 2. The van der Waals surface area contributed by atoms with E-state index in [1.807, 2.05) is 71.1 Å². The Morgan fingerprint density at radius 1 is 1.18 bits per heavy atom. The molecule has 2 aromatic heterocycles. The van der Waals surface area contributed by atoms with Crippen molar-refractivity contribution in [1.29, 1.82) is 0 Å². The summed E-state index contributed by atoms with van der Waals surface area (Å²) in [5, 5.41) is 11.9. The molecule has 9 heteroatoms. The van der Waals surface area contributed by atoms with Gasteiger partial charge < -0.3 is 15.5 Å². The average Bonchev–Trinajstić information content (AvgIpc) is 3.33. The van der Waals surface area contributed by atoms with Crippen LogP contribution in [-0.4, -0.2) is 39.6 Å². The Kier molecular flexibility index (Phi) is 6.56. The molecule has 0 unspecified atom stereocenters. The van der Waals surface area contributed by atoms with Crippen molar-refractivity contribution in [2.24, 2.45) is 0 Å². The van der Waals surface area contributed by atoms with Crippen LogP contribution in [0.5, 0.6) is 0 Å². The molecule has 0 fully saturated rings. The maximum atomic E-state index is 13.9. The number of carbonyl (C=O) groups excluding carboxylic acids is 1. The summed E-state index contributed by atoms with van der Waals surface area (Å²) < 4.78 is 15.6. The van der Waals surface area contributed by atoms with E-state index in [2.05, 4.69) is 10.6 Å². The highest BCUT2D eigenvalue weighted by molar-refractivity contribution is 7.20. The standard InChI is InChI=1S/C25H29FN6OS/c1-16(17-10-7-6-8-11-17)27-20(33)15-31(5)24-30-32-22(29-25(2,3)4)21(28-23(32)34-24)18-12-9-13-19(26)14-18/h6-14,16,29H,15H2,1-5H3,(H,27,33)/t16-/m1/s1. The van der Waals surface area contributed by atoms with E-state index in [9.17, 15) is 9.18 Å². The molecule has 0 aliphatic rings. The van der Waals surface area contributed by atoms with Crippen LogP contribution in [0.25, 0.3) is 16.2 Å². The molecule has 0 saturated carbocycles. The number of nitrogens with zero attached hydrogens (tertiary/aromatic N) is 4. The van der Waals surface area contributed by atoms with Crippen LogP contribution in [-0.2, 0) is 4.79 Å². The molecule has 1 amide bonds. The summed E-state index contributed by atoms with van der Waals surface area (Å²) in [5.74, 6) is 0.269. The lowest BCUT2D eigenvalue weighted by Gasteiger charge is -2.22. The number of imidazole rings is 1. The summed E-state index contributed by atoms with van der Waals surface area (Å²) >= 11 is 1.38. The summed E-state index contributed by atoms with van der Waals surface area (Å²) in [7, 11) is 1.83. The number of hydrogen-bond acceptors (Lipinski definition) is 6. The lowest BCUT2D eigenvalue weighted by Crippen LogP contribution is -2.36. The molecule has 0 aliphatic heterocycles. The van der Waals surface area contributed by atoms with Gasteiger partial charge >= 0.3 is 0 Å². The number of hydrogen-bond donors (Lipinski definition) is 2. The largest absolute Gasteiger partial charge is 0.364 e. The van der Waals surface area contributed by atoms with Gasteiger partial charge in [-0.25, -0.2) is 9.37 Å². The van der Waals surface area contributed by atoms with Crippen molar-refractivity contribution in [3.63, 3.8) is 0 Å². The number of likely N-dealkylation sites (N-methyl/N-ethyl adjacent to an activating group) is 1. The van der Waals surface area contributed by atoms with Crippen molar-refractivity contribution >= 4 is 33.2 Å². The number of rotatable bonds is 7. The van der Waals surface area contributed by atoms with Gasteiger partial charge in [0.15, 0.2) is 5.82 Å². The average molecular weight is 481 g/mol. The fourth-order valence-corrected chi connectivity index (χ4v) is 4.45. The van der Waals surface area contributed by atoms with E-state index in [-0.39, 0.29) is 29.8 Å². The summed E-state index contributed by atoms with van der Waals surface area (Å²) in [4.78, 5) is 19.8. The van der Waals surface area contributed by atoms with Crippen molar-refractivity contribution < 1.29 is 9.18 Å². The van der Waals surface area contributed by atoms with Crippen LogP contribution < -0.4 is 15.5 Å². The number of halogens is 1. The molecule has 0 spiro atoms. The number of benzene rings is 2. The molecular weight excluding hydrogens is 451 g/mol. The molecule has 0 bridgehead atoms. The highest BCUT2D eigenvalue weighted by Gasteiger charge is 2.23. The van der Waals surface area contributed by atoms with Gasteiger partial charge in [-0.3, -0.25) is 4.79 Å².